The molecule has 0 aliphatic heterocycles. The Morgan fingerprint density at radius 2 is 1.57 bits per heavy atom. The van der Waals surface area contributed by atoms with Crippen LogP contribution in [-0.2, 0) is 4.79 Å². The molecule has 0 unspecified atom stereocenters. The molecule has 2 aromatic carbocycles. The first kappa shape index (κ1) is 18.9. The average Bonchev–Trinajstić information content (AvgIpc) is 2.68. The number of methoxy groups -OCH3 is 1. The fraction of sp³-hybridized carbons (Fsp3) is 0.0952. The number of pyridine rings is 1. The number of nitrogens with zero attached hydrogens (tertiary/aromatic N) is 1. The Labute approximate surface area is 162 Å². The van der Waals surface area contributed by atoms with Gasteiger partial charge in [-0.15, -0.1) is 0 Å². The van der Waals surface area contributed by atoms with Gasteiger partial charge in [0.25, 0.3) is 5.91 Å². The van der Waals surface area contributed by atoms with Crippen LogP contribution in [-0.4, -0.2) is 23.9 Å². The summed E-state index contributed by atoms with van der Waals surface area (Å²) in [6.07, 6.45) is 1.56. The molecule has 1 aromatic heterocycles. The fourth-order valence-corrected chi connectivity index (χ4v) is 2.55. The van der Waals surface area contributed by atoms with Crippen molar-refractivity contribution in [3.8, 4) is 5.75 Å². The van der Waals surface area contributed by atoms with E-state index in [1.807, 2.05) is 12.1 Å². The Balaban J connectivity index is 1.71. The molecule has 3 aromatic rings. The van der Waals surface area contributed by atoms with Crippen molar-refractivity contribution in [3.63, 3.8) is 0 Å². The van der Waals surface area contributed by atoms with Gasteiger partial charge in [0.1, 0.15) is 11.4 Å². The fourth-order valence-electron chi connectivity index (χ4n) is 2.55. The van der Waals surface area contributed by atoms with Gasteiger partial charge in [0.2, 0.25) is 5.91 Å². The minimum atomic E-state index is -0.319. The summed E-state index contributed by atoms with van der Waals surface area (Å²) >= 11 is 0. The lowest BCUT2D eigenvalue weighted by Crippen LogP contribution is -2.13. The van der Waals surface area contributed by atoms with E-state index in [9.17, 15) is 9.59 Å². The van der Waals surface area contributed by atoms with Crippen LogP contribution in [0.5, 0.6) is 5.75 Å². The van der Waals surface area contributed by atoms with Gasteiger partial charge in [0, 0.05) is 35.9 Å². The summed E-state index contributed by atoms with van der Waals surface area (Å²) in [5, 5.41) is 8.73. The maximum absolute atomic E-state index is 12.5. The lowest BCUT2D eigenvalue weighted by atomic mass is 10.2. The van der Waals surface area contributed by atoms with Crippen molar-refractivity contribution < 1.29 is 14.3 Å². The minimum absolute atomic E-state index is 0.140. The Morgan fingerprint density at radius 3 is 2.29 bits per heavy atom. The van der Waals surface area contributed by atoms with Crippen molar-refractivity contribution in [1.82, 2.24) is 4.98 Å². The van der Waals surface area contributed by atoms with Crippen LogP contribution in [0.1, 0.15) is 17.4 Å². The summed E-state index contributed by atoms with van der Waals surface area (Å²) in [5.74, 6) is 0.253. The van der Waals surface area contributed by atoms with Gasteiger partial charge in [-0.1, -0.05) is 6.07 Å². The zero-order chi connectivity index (χ0) is 19.9. The van der Waals surface area contributed by atoms with Gasteiger partial charge in [-0.25, -0.2) is 0 Å². The molecule has 0 saturated carbocycles. The molecule has 0 radical (unpaired) electrons. The van der Waals surface area contributed by atoms with Gasteiger partial charge >= 0.3 is 0 Å². The highest BCUT2D eigenvalue weighted by Crippen LogP contribution is 2.21. The Hall–Kier alpha value is -3.87. The summed E-state index contributed by atoms with van der Waals surface area (Å²) in [7, 11) is 1.59. The third-order valence-electron chi connectivity index (χ3n) is 3.81. The number of amides is 2. The van der Waals surface area contributed by atoms with Crippen LogP contribution in [0.3, 0.4) is 0 Å². The lowest BCUT2D eigenvalue weighted by molar-refractivity contribution is -0.114. The first-order chi connectivity index (χ1) is 13.5. The summed E-state index contributed by atoms with van der Waals surface area (Å²) in [6, 6.07) is 17.8. The first-order valence-corrected chi connectivity index (χ1v) is 8.59. The molecular weight excluding hydrogens is 356 g/mol. The van der Waals surface area contributed by atoms with E-state index in [4.69, 9.17) is 4.74 Å². The van der Waals surface area contributed by atoms with Crippen molar-refractivity contribution in [2.24, 2.45) is 0 Å². The van der Waals surface area contributed by atoms with E-state index in [2.05, 4.69) is 20.9 Å². The van der Waals surface area contributed by atoms with Crippen LogP contribution >= 0.6 is 0 Å². The largest absolute Gasteiger partial charge is 0.497 e. The number of rotatable bonds is 6. The normalized spacial score (nSPS) is 10.1. The second-order valence-electron chi connectivity index (χ2n) is 6.00. The van der Waals surface area contributed by atoms with E-state index in [0.717, 1.165) is 5.69 Å². The third kappa shape index (κ3) is 5.07. The number of aromatic nitrogens is 1. The molecule has 0 aliphatic carbocycles. The molecule has 3 N–H and O–H groups in total. The van der Waals surface area contributed by atoms with Gasteiger partial charge in [0.15, 0.2) is 0 Å². The van der Waals surface area contributed by atoms with Crippen LogP contribution in [0.15, 0.2) is 66.9 Å². The standard InChI is InChI=1S/C21H20N4O3/c1-14(26)23-16-4-3-5-17(12-16)24-18-10-11-22-20(13-18)21(27)25-15-6-8-19(28-2)9-7-15/h3-13H,1-2H3,(H,22,24)(H,23,26)(H,25,27). The quantitative estimate of drug-likeness (QED) is 0.604. The molecule has 1 heterocycles. The molecule has 0 atom stereocenters. The molecule has 7 heteroatoms. The van der Waals surface area contributed by atoms with E-state index < -0.39 is 0 Å². The Bertz CT molecular complexity index is 987. The smallest absolute Gasteiger partial charge is 0.274 e. The summed E-state index contributed by atoms with van der Waals surface area (Å²) in [6.45, 7) is 1.46. The predicted molar refractivity (Wildman–Crippen MR) is 109 cm³/mol. The predicted octanol–water partition coefficient (Wildman–Crippen LogP) is 4.04. The second kappa shape index (κ2) is 8.68. The van der Waals surface area contributed by atoms with E-state index in [-0.39, 0.29) is 17.5 Å². The van der Waals surface area contributed by atoms with Crippen LogP contribution in [0, 0.1) is 0 Å². The zero-order valence-corrected chi connectivity index (χ0v) is 15.5. The second-order valence-corrected chi connectivity index (χ2v) is 6.00. The van der Waals surface area contributed by atoms with Crippen LogP contribution in [0.4, 0.5) is 22.7 Å². The molecule has 0 bridgehead atoms. The first-order valence-electron chi connectivity index (χ1n) is 8.59. The average molecular weight is 376 g/mol. The number of anilines is 4. The Morgan fingerprint density at radius 1 is 0.857 bits per heavy atom. The highest BCUT2D eigenvalue weighted by atomic mass is 16.5. The van der Waals surface area contributed by atoms with E-state index in [0.29, 0.717) is 22.8 Å². The number of hydrogen-bond acceptors (Lipinski definition) is 5. The third-order valence-corrected chi connectivity index (χ3v) is 3.81. The van der Waals surface area contributed by atoms with Gasteiger partial charge < -0.3 is 20.7 Å². The molecule has 0 fully saturated rings. The van der Waals surface area contributed by atoms with Crippen molar-refractivity contribution >= 4 is 34.6 Å². The molecule has 142 valence electrons. The molecule has 2 amide bonds. The SMILES string of the molecule is COc1ccc(NC(=O)c2cc(Nc3cccc(NC(C)=O)c3)ccn2)cc1. The molecule has 7 nitrogen and oxygen atoms in total. The summed E-state index contributed by atoms with van der Waals surface area (Å²) in [4.78, 5) is 27.8. The monoisotopic (exact) mass is 376 g/mol. The molecule has 0 saturated heterocycles. The van der Waals surface area contributed by atoms with E-state index in [1.54, 1.807) is 61.8 Å². The minimum Gasteiger partial charge on any atom is -0.497 e. The van der Waals surface area contributed by atoms with Crippen LogP contribution in [0.25, 0.3) is 0 Å². The molecule has 3 rings (SSSR count). The topological polar surface area (TPSA) is 92.4 Å². The van der Waals surface area contributed by atoms with Crippen LogP contribution < -0.4 is 20.7 Å². The molecular formula is C21H20N4O3. The number of carbonyl (C=O) groups is 2. The number of nitrogens with one attached hydrogen (secondary N) is 3. The number of benzene rings is 2. The van der Waals surface area contributed by atoms with Crippen molar-refractivity contribution in [2.75, 3.05) is 23.1 Å². The summed E-state index contributed by atoms with van der Waals surface area (Å²) < 4.78 is 5.10. The van der Waals surface area contributed by atoms with Crippen molar-refractivity contribution in [2.45, 2.75) is 6.92 Å². The Kier molecular flexibility index (Phi) is 5.86. The van der Waals surface area contributed by atoms with Gasteiger partial charge in [-0.05, 0) is 54.6 Å². The highest BCUT2D eigenvalue weighted by Gasteiger charge is 2.09. The molecule has 0 spiro atoms. The summed E-state index contributed by atoms with van der Waals surface area (Å²) in [5.41, 5.74) is 3.09. The number of ether oxygens (including phenoxy) is 1. The van der Waals surface area contributed by atoms with Gasteiger partial charge in [0.05, 0.1) is 7.11 Å². The maximum atomic E-state index is 12.5. The van der Waals surface area contributed by atoms with Crippen molar-refractivity contribution in [1.29, 1.82) is 0 Å². The van der Waals surface area contributed by atoms with Gasteiger partial charge in [-0.3, -0.25) is 14.6 Å². The van der Waals surface area contributed by atoms with Crippen molar-refractivity contribution in [3.05, 3.63) is 72.6 Å². The maximum Gasteiger partial charge on any atom is 0.274 e. The molecule has 0 aliphatic rings. The zero-order valence-electron chi connectivity index (χ0n) is 15.5. The van der Waals surface area contributed by atoms with Gasteiger partial charge in [-0.2, -0.15) is 0 Å². The number of carbonyl (C=O) groups excluding carboxylic acids is 2. The highest BCUT2D eigenvalue weighted by molar-refractivity contribution is 6.03. The van der Waals surface area contributed by atoms with E-state index in [1.165, 1.54) is 6.92 Å². The van der Waals surface area contributed by atoms with Crippen LogP contribution in [0.2, 0.25) is 0 Å². The molecule has 28 heavy (non-hydrogen) atoms. The number of hydrogen-bond donors (Lipinski definition) is 3. The lowest BCUT2D eigenvalue weighted by Gasteiger charge is -2.10. The van der Waals surface area contributed by atoms with E-state index >= 15 is 0 Å².